The first kappa shape index (κ1) is 16.8. The van der Waals surface area contributed by atoms with Crippen LogP contribution < -0.4 is 15.4 Å². The minimum absolute atomic E-state index is 0. The summed E-state index contributed by atoms with van der Waals surface area (Å²) in [6.45, 7) is 3.17. The Morgan fingerprint density at radius 1 is 1.55 bits per heavy atom. The van der Waals surface area contributed by atoms with E-state index in [1.807, 2.05) is 25.1 Å². The SMILES string of the molecule is CCCOc1cccc(NC(=O)C2CC(O)CN2)c1.Cl. The van der Waals surface area contributed by atoms with Crippen molar-refractivity contribution in [1.82, 2.24) is 5.32 Å². The Bertz CT molecular complexity index is 442. The van der Waals surface area contributed by atoms with Gasteiger partial charge in [0, 0.05) is 18.3 Å². The number of nitrogens with one attached hydrogen (secondary N) is 2. The molecule has 0 saturated carbocycles. The van der Waals surface area contributed by atoms with E-state index in [1.54, 1.807) is 6.07 Å². The van der Waals surface area contributed by atoms with Gasteiger partial charge in [-0.25, -0.2) is 0 Å². The highest BCUT2D eigenvalue weighted by Gasteiger charge is 2.27. The molecule has 1 fully saturated rings. The quantitative estimate of drug-likeness (QED) is 0.772. The van der Waals surface area contributed by atoms with Crippen LogP contribution in [0.1, 0.15) is 19.8 Å². The van der Waals surface area contributed by atoms with Crippen molar-refractivity contribution in [3.05, 3.63) is 24.3 Å². The number of carbonyl (C=O) groups is 1. The highest BCUT2D eigenvalue weighted by molar-refractivity contribution is 5.95. The molecule has 112 valence electrons. The van der Waals surface area contributed by atoms with Crippen LogP contribution in [0.2, 0.25) is 0 Å². The van der Waals surface area contributed by atoms with Crippen LogP contribution in [0.25, 0.3) is 0 Å². The number of aliphatic hydroxyl groups excluding tert-OH is 1. The van der Waals surface area contributed by atoms with Crippen LogP contribution >= 0.6 is 12.4 Å². The number of amides is 1. The second-order valence-electron chi connectivity index (χ2n) is 4.72. The van der Waals surface area contributed by atoms with Gasteiger partial charge >= 0.3 is 0 Å². The van der Waals surface area contributed by atoms with Gasteiger partial charge in [-0.3, -0.25) is 4.79 Å². The number of halogens is 1. The lowest BCUT2D eigenvalue weighted by molar-refractivity contribution is -0.117. The van der Waals surface area contributed by atoms with Crippen LogP contribution in [0.5, 0.6) is 5.75 Å². The number of rotatable bonds is 5. The standard InChI is InChI=1S/C14H20N2O3.ClH/c1-2-6-19-12-5-3-4-10(7-12)16-14(18)13-8-11(17)9-15-13;/h3-5,7,11,13,15,17H,2,6,8-9H2,1H3,(H,16,18);1H. The lowest BCUT2D eigenvalue weighted by Crippen LogP contribution is -2.35. The maximum atomic E-state index is 12.0. The molecule has 1 aromatic rings. The lowest BCUT2D eigenvalue weighted by atomic mass is 10.2. The topological polar surface area (TPSA) is 70.6 Å². The second kappa shape index (κ2) is 8.09. The van der Waals surface area contributed by atoms with Crippen molar-refractivity contribution in [2.45, 2.75) is 31.9 Å². The first-order valence-electron chi connectivity index (χ1n) is 6.64. The fourth-order valence-corrected chi connectivity index (χ4v) is 2.03. The molecular weight excluding hydrogens is 280 g/mol. The third kappa shape index (κ3) is 4.67. The third-order valence-corrected chi connectivity index (χ3v) is 3.00. The summed E-state index contributed by atoms with van der Waals surface area (Å²) in [5.74, 6) is 0.628. The zero-order chi connectivity index (χ0) is 13.7. The van der Waals surface area contributed by atoms with Crippen LogP contribution in [0, 0.1) is 0 Å². The van der Waals surface area contributed by atoms with Gasteiger partial charge < -0.3 is 20.5 Å². The summed E-state index contributed by atoms with van der Waals surface area (Å²) >= 11 is 0. The number of ether oxygens (including phenoxy) is 1. The Kier molecular flexibility index (Phi) is 6.78. The Labute approximate surface area is 125 Å². The van der Waals surface area contributed by atoms with E-state index in [4.69, 9.17) is 4.74 Å². The van der Waals surface area contributed by atoms with E-state index in [0.717, 1.165) is 12.2 Å². The van der Waals surface area contributed by atoms with E-state index in [0.29, 0.717) is 25.3 Å². The molecule has 0 radical (unpaired) electrons. The smallest absolute Gasteiger partial charge is 0.241 e. The molecule has 3 N–H and O–H groups in total. The average Bonchev–Trinajstić information content (AvgIpc) is 2.83. The predicted octanol–water partition coefficient (Wildman–Crippen LogP) is 1.56. The zero-order valence-corrected chi connectivity index (χ0v) is 12.3. The summed E-state index contributed by atoms with van der Waals surface area (Å²) in [6, 6.07) is 7.01. The van der Waals surface area contributed by atoms with Crippen LogP contribution in [-0.4, -0.2) is 36.3 Å². The molecule has 5 nitrogen and oxygen atoms in total. The molecular formula is C14H21ClN2O3. The molecule has 1 saturated heterocycles. The maximum absolute atomic E-state index is 12.0. The van der Waals surface area contributed by atoms with Crippen molar-refractivity contribution in [1.29, 1.82) is 0 Å². The van der Waals surface area contributed by atoms with Crippen LogP contribution in [0.15, 0.2) is 24.3 Å². The molecule has 0 spiro atoms. The highest BCUT2D eigenvalue weighted by atomic mass is 35.5. The van der Waals surface area contributed by atoms with Gasteiger partial charge in [0.1, 0.15) is 5.75 Å². The summed E-state index contributed by atoms with van der Waals surface area (Å²) in [5.41, 5.74) is 0.710. The summed E-state index contributed by atoms with van der Waals surface area (Å²) < 4.78 is 5.51. The first-order valence-corrected chi connectivity index (χ1v) is 6.64. The van der Waals surface area contributed by atoms with Crippen LogP contribution in [0.3, 0.4) is 0 Å². The van der Waals surface area contributed by atoms with Gasteiger partial charge in [-0.15, -0.1) is 12.4 Å². The Hall–Kier alpha value is -1.30. The summed E-state index contributed by atoms with van der Waals surface area (Å²) in [6.07, 6.45) is 0.966. The number of β-amino-alcohol motifs (C(OH)–C–C–N with tert-alkyl or cyclic N) is 1. The predicted molar refractivity (Wildman–Crippen MR) is 80.5 cm³/mol. The van der Waals surface area contributed by atoms with Gasteiger partial charge in [0.25, 0.3) is 0 Å². The van der Waals surface area contributed by atoms with Crippen molar-refractivity contribution in [2.75, 3.05) is 18.5 Å². The normalized spacial score (nSPS) is 21.1. The molecule has 0 aliphatic carbocycles. The van der Waals surface area contributed by atoms with Crippen molar-refractivity contribution < 1.29 is 14.6 Å². The molecule has 2 atom stereocenters. The molecule has 1 aromatic carbocycles. The minimum atomic E-state index is -0.435. The summed E-state index contributed by atoms with van der Waals surface area (Å²) in [5, 5.41) is 15.2. The molecule has 20 heavy (non-hydrogen) atoms. The van der Waals surface area contributed by atoms with E-state index < -0.39 is 6.10 Å². The van der Waals surface area contributed by atoms with Gasteiger partial charge in [-0.2, -0.15) is 0 Å². The maximum Gasteiger partial charge on any atom is 0.241 e. The van der Waals surface area contributed by atoms with Crippen molar-refractivity contribution in [2.24, 2.45) is 0 Å². The Morgan fingerprint density at radius 2 is 2.35 bits per heavy atom. The van der Waals surface area contributed by atoms with E-state index >= 15 is 0 Å². The molecule has 1 aliphatic heterocycles. The first-order chi connectivity index (χ1) is 9.19. The van der Waals surface area contributed by atoms with Gasteiger partial charge in [0.2, 0.25) is 5.91 Å². The molecule has 1 heterocycles. The van der Waals surface area contributed by atoms with Gasteiger partial charge in [0.15, 0.2) is 0 Å². The second-order valence-corrected chi connectivity index (χ2v) is 4.72. The fraction of sp³-hybridized carbons (Fsp3) is 0.500. The number of hydrogen-bond acceptors (Lipinski definition) is 4. The van der Waals surface area contributed by atoms with Crippen LogP contribution in [-0.2, 0) is 4.79 Å². The number of hydrogen-bond donors (Lipinski definition) is 3. The monoisotopic (exact) mass is 300 g/mol. The van der Waals surface area contributed by atoms with Crippen molar-refractivity contribution >= 4 is 24.0 Å². The van der Waals surface area contributed by atoms with Gasteiger partial charge in [-0.05, 0) is 25.0 Å². The minimum Gasteiger partial charge on any atom is -0.494 e. The van der Waals surface area contributed by atoms with Crippen molar-refractivity contribution in [3.8, 4) is 5.75 Å². The molecule has 0 aromatic heterocycles. The van der Waals surface area contributed by atoms with Crippen molar-refractivity contribution in [3.63, 3.8) is 0 Å². The number of benzene rings is 1. The Balaban J connectivity index is 0.00000200. The zero-order valence-electron chi connectivity index (χ0n) is 11.5. The molecule has 2 rings (SSSR count). The third-order valence-electron chi connectivity index (χ3n) is 3.00. The number of carbonyl (C=O) groups excluding carboxylic acids is 1. The lowest BCUT2D eigenvalue weighted by Gasteiger charge is -2.12. The highest BCUT2D eigenvalue weighted by Crippen LogP contribution is 2.18. The molecule has 1 aliphatic rings. The van der Waals surface area contributed by atoms with Crippen LogP contribution in [0.4, 0.5) is 5.69 Å². The van der Waals surface area contributed by atoms with E-state index in [1.165, 1.54) is 0 Å². The average molecular weight is 301 g/mol. The molecule has 1 amide bonds. The largest absolute Gasteiger partial charge is 0.494 e. The van der Waals surface area contributed by atoms with Gasteiger partial charge in [-0.1, -0.05) is 13.0 Å². The molecule has 6 heteroatoms. The fourth-order valence-electron chi connectivity index (χ4n) is 2.03. The number of anilines is 1. The summed E-state index contributed by atoms with van der Waals surface area (Å²) in [4.78, 5) is 12.0. The summed E-state index contributed by atoms with van der Waals surface area (Å²) in [7, 11) is 0. The van der Waals surface area contributed by atoms with Gasteiger partial charge in [0.05, 0.1) is 18.8 Å². The van der Waals surface area contributed by atoms with E-state index in [2.05, 4.69) is 10.6 Å². The molecule has 0 bridgehead atoms. The molecule has 2 unspecified atom stereocenters. The van der Waals surface area contributed by atoms with E-state index in [9.17, 15) is 9.90 Å². The Morgan fingerprint density at radius 3 is 3.00 bits per heavy atom. The van der Waals surface area contributed by atoms with E-state index in [-0.39, 0.29) is 24.4 Å². The number of aliphatic hydroxyl groups is 1.